The summed E-state index contributed by atoms with van der Waals surface area (Å²) < 4.78 is 2.58. The minimum atomic E-state index is -0.0937. The van der Waals surface area contributed by atoms with Crippen molar-refractivity contribution in [2.45, 2.75) is 0 Å². The van der Waals surface area contributed by atoms with E-state index in [2.05, 4.69) is 20.9 Å². The summed E-state index contributed by atoms with van der Waals surface area (Å²) in [6, 6.07) is 18.8. The number of hydrogen-bond donors (Lipinski definition) is 0. The standard InChI is InChI=1S/C21H14BrN3O/c22-16-8-10-17(11-9-16)25-20(12-7-15-4-3-13-23-14-15)24-19-6-2-1-5-18(19)21(25)26/h1-14H. The van der Waals surface area contributed by atoms with E-state index >= 15 is 0 Å². The van der Waals surface area contributed by atoms with Gasteiger partial charge in [0.15, 0.2) is 0 Å². The van der Waals surface area contributed by atoms with Crippen LogP contribution in [0, 0.1) is 0 Å². The van der Waals surface area contributed by atoms with Crippen LogP contribution >= 0.6 is 15.9 Å². The maximum absolute atomic E-state index is 13.1. The molecular weight excluding hydrogens is 390 g/mol. The monoisotopic (exact) mass is 403 g/mol. The van der Waals surface area contributed by atoms with E-state index in [1.807, 2.05) is 66.7 Å². The number of fused-ring (bicyclic) bond motifs is 1. The van der Waals surface area contributed by atoms with Crippen molar-refractivity contribution < 1.29 is 0 Å². The molecule has 4 nitrogen and oxygen atoms in total. The van der Waals surface area contributed by atoms with Gasteiger partial charge in [0.1, 0.15) is 5.82 Å². The lowest BCUT2D eigenvalue weighted by Gasteiger charge is -2.11. The Labute approximate surface area is 158 Å². The van der Waals surface area contributed by atoms with E-state index in [4.69, 9.17) is 4.98 Å². The van der Waals surface area contributed by atoms with Crippen molar-refractivity contribution in [3.05, 3.63) is 99.3 Å². The lowest BCUT2D eigenvalue weighted by Crippen LogP contribution is -2.22. The summed E-state index contributed by atoms with van der Waals surface area (Å²) in [6.07, 6.45) is 7.23. The van der Waals surface area contributed by atoms with E-state index in [1.54, 1.807) is 23.0 Å². The minimum absolute atomic E-state index is 0.0937. The summed E-state index contributed by atoms with van der Waals surface area (Å²) >= 11 is 3.43. The number of halogens is 1. The van der Waals surface area contributed by atoms with E-state index in [-0.39, 0.29) is 5.56 Å². The lowest BCUT2D eigenvalue weighted by atomic mass is 10.2. The first-order chi connectivity index (χ1) is 12.7. The SMILES string of the molecule is O=c1c2ccccc2nc(C=Cc2cccnc2)n1-c1ccc(Br)cc1. The van der Waals surface area contributed by atoms with Crippen LogP contribution in [-0.4, -0.2) is 14.5 Å². The van der Waals surface area contributed by atoms with Crippen molar-refractivity contribution in [3.63, 3.8) is 0 Å². The lowest BCUT2D eigenvalue weighted by molar-refractivity contribution is 0.943. The van der Waals surface area contributed by atoms with Crippen molar-refractivity contribution in [1.82, 2.24) is 14.5 Å². The molecule has 5 heteroatoms. The van der Waals surface area contributed by atoms with Gasteiger partial charge in [-0.2, -0.15) is 0 Å². The number of hydrogen-bond acceptors (Lipinski definition) is 3. The van der Waals surface area contributed by atoms with Crippen LogP contribution in [0.5, 0.6) is 0 Å². The maximum atomic E-state index is 13.1. The normalized spacial score (nSPS) is 11.3. The molecule has 2 aromatic carbocycles. The Balaban J connectivity index is 1.95. The first kappa shape index (κ1) is 16.4. The smallest absolute Gasteiger partial charge is 0.266 e. The molecule has 0 spiro atoms. The van der Waals surface area contributed by atoms with Crippen LogP contribution in [0.1, 0.15) is 11.4 Å². The maximum Gasteiger partial charge on any atom is 0.266 e. The van der Waals surface area contributed by atoms with Crippen LogP contribution in [0.2, 0.25) is 0 Å². The fourth-order valence-electron chi connectivity index (χ4n) is 2.75. The molecule has 0 bridgehead atoms. The molecule has 0 aliphatic rings. The van der Waals surface area contributed by atoms with Crippen LogP contribution in [0.25, 0.3) is 28.7 Å². The molecule has 4 aromatic rings. The number of benzene rings is 2. The van der Waals surface area contributed by atoms with Gasteiger partial charge in [-0.05, 0) is 60.2 Å². The van der Waals surface area contributed by atoms with Gasteiger partial charge in [-0.15, -0.1) is 0 Å². The zero-order chi connectivity index (χ0) is 17.9. The molecule has 0 fully saturated rings. The molecule has 2 aromatic heterocycles. The molecular formula is C21H14BrN3O. The molecule has 0 aliphatic heterocycles. The van der Waals surface area contributed by atoms with Gasteiger partial charge in [-0.25, -0.2) is 4.98 Å². The van der Waals surface area contributed by atoms with Gasteiger partial charge >= 0.3 is 0 Å². The molecule has 0 unspecified atom stereocenters. The fraction of sp³-hybridized carbons (Fsp3) is 0. The van der Waals surface area contributed by atoms with Crippen molar-refractivity contribution >= 4 is 39.0 Å². The molecule has 0 amide bonds. The molecule has 0 atom stereocenters. The van der Waals surface area contributed by atoms with Gasteiger partial charge in [0, 0.05) is 16.9 Å². The number of pyridine rings is 1. The van der Waals surface area contributed by atoms with Crippen LogP contribution in [0.15, 0.2) is 82.3 Å². The van der Waals surface area contributed by atoms with E-state index in [9.17, 15) is 4.79 Å². The van der Waals surface area contributed by atoms with Gasteiger partial charge in [-0.1, -0.05) is 34.1 Å². The highest BCUT2D eigenvalue weighted by Crippen LogP contribution is 2.17. The number of para-hydroxylation sites is 1. The Morgan fingerprint density at radius 2 is 1.73 bits per heavy atom. The molecule has 0 radical (unpaired) electrons. The van der Waals surface area contributed by atoms with E-state index < -0.39 is 0 Å². The Kier molecular flexibility index (Phi) is 4.46. The van der Waals surface area contributed by atoms with E-state index in [0.717, 1.165) is 15.7 Å². The van der Waals surface area contributed by atoms with Crippen molar-refractivity contribution in [2.24, 2.45) is 0 Å². The predicted octanol–water partition coefficient (Wildman–Crippen LogP) is 4.71. The van der Waals surface area contributed by atoms with Gasteiger partial charge in [0.05, 0.1) is 16.6 Å². The zero-order valence-corrected chi connectivity index (χ0v) is 15.3. The molecule has 4 rings (SSSR count). The van der Waals surface area contributed by atoms with Gasteiger partial charge < -0.3 is 0 Å². The zero-order valence-electron chi connectivity index (χ0n) is 13.7. The summed E-state index contributed by atoms with van der Waals surface area (Å²) in [5, 5.41) is 0.592. The topological polar surface area (TPSA) is 47.8 Å². The van der Waals surface area contributed by atoms with E-state index in [0.29, 0.717) is 16.7 Å². The van der Waals surface area contributed by atoms with Gasteiger partial charge in [-0.3, -0.25) is 14.3 Å². The quantitative estimate of drug-likeness (QED) is 0.497. The van der Waals surface area contributed by atoms with Gasteiger partial charge in [0.25, 0.3) is 5.56 Å². The Bertz CT molecular complexity index is 1150. The van der Waals surface area contributed by atoms with Crippen LogP contribution in [-0.2, 0) is 0 Å². The summed E-state index contributed by atoms with van der Waals surface area (Å²) in [7, 11) is 0. The summed E-state index contributed by atoms with van der Waals surface area (Å²) in [5.74, 6) is 0.569. The highest BCUT2D eigenvalue weighted by molar-refractivity contribution is 9.10. The Morgan fingerprint density at radius 3 is 2.50 bits per heavy atom. The fourth-order valence-corrected chi connectivity index (χ4v) is 3.01. The molecule has 0 N–H and O–H groups in total. The summed E-state index contributed by atoms with van der Waals surface area (Å²) in [6.45, 7) is 0. The predicted molar refractivity (Wildman–Crippen MR) is 108 cm³/mol. The highest BCUT2D eigenvalue weighted by Gasteiger charge is 2.10. The molecule has 0 saturated carbocycles. The number of rotatable bonds is 3. The third-order valence-corrected chi connectivity index (χ3v) is 4.52. The molecule has 126 valence electrons. The second-order valence-corrected chi connectivity index (χ2v) is 6.64. The van der Waals surface area contributed by atoms with E-state index in [1.165, 1.54) is 0 Å². The average molecular weight is 404 g/mol. The second-order valence-electron chi connectivity index (χ2n) is 5.72. The summed E-state index contributed by atoms with van der Waals surface area (Å²) in [4.78, 5) is 21.9. The largest absolute Gasteiger partial charge is 0.268 e. The molecule has 2 heterocycles. The number of nitrogens with zero attached hydrogens (tertiary/aromatic N) is 3. The Hall–Kier alpha value is -3.05. The van der Waals surface area contributed by atoms with Crippen LogP contribution in [0.3, 0.4) is 0 Å². The third-order valence-electron chi connectivity index (χ3n) is 4.00. The van der Waals surface area contributed by atoms with Crippen LogP contribution in [0.4, 0.5) is 0 Å². The average Bonchev–Trinajstić information content (AvgIpc) is 2.68. The van der Waals surface area contributed by atoms with Crippen molar-refractivity contribution in [3.8, 4) is 5.69 Å². The molecule has 26 heavy (non-hydrogen) atoms. The summed E-state index contributed by atoms with van der Waals surface area (Å²) in [5.41, 5.74) is 2.29. The molecule has 0 aliphatic carbocycles. The first-order valence-electron chi connectivity index (χ1n) is 8.08. The Morgan fingerprint density at radius 1 is 0.923 bits per heavy atom. The minimum Gasteiger partial charge on any atom is -0.268 e. The van der Waals surface area contributed by atoms with Crippen molar-refractivity contribution in [1.29, 1.82) is 0 Å². The van der Waals surface area contributed by atoms with Gasteiger partial charge in [0.2, 0.25) is 0 Å². The third kappa shape index (κ3) is 3.21. The highest BCUT2D eigenvalue weighted by atomic mass is 79.9. The first-order valence-corrected chi connectivity index (χ1v) is 8.87. The second kappa shape index (κ2) is 7.06. The van der Waals surface area contributed by atoms with Crippen LogP contribution < -0.4 is 5.56 Å². The number of aromatic nitrogens is 3. The molecule has 0 saturated heterocycles. The van der Waals surface area contributed by atoms with Crippen molar-refractivity contribution in [2.75, 3.05) is 0 Å².